The maximum Gasteiger partial charge on any atom is 0.276 e. The number of nitrogens with zero attached hydrogens (tertiary/aromatic N) is 4. The lowest BCUT2D eigenvalue weighted by atomic mass is 9.99. The highest BCUT2D eigenvalue weighted by molar-refractivity contribution is 5.93. The Hall–Kier alpha value is -2.99. The molecule has 0 bridgehead atoms. The predicted octanol–water partition coefficient (Wildman–Crippen LogP) is 2.75. The molecule has 2 aliphatic rings. The van der Waals surface area contributed by atoms with Crippen molar-refractivity contribution in [3.63, 3.8) is 0 Å². The van der Waals surface area contributed by atoms with E-state index in [2.05, 4.69) is 22.4 Å². The molecule has 6 heteroatoms. The molecule has 0 aliphatic carbocycles. The zero-order chi connectivity index (χ0) is 18.2. The minimum atomic E-state index is -0.0646. The molecule has 1 atom stereocenters. The molecule has 6 nitrogen and oxygen atoms in total. The average Bonchev–Trinajstić information content (AvgIpc) is 3.16. The lowest BCUT2D eigenvalue weighted by Crippen LogP contribution is -2.37. The van der Waals surface area contributed by atoms with Crippen LogP contribution < -0.4 is 0 Å². The van der Waals surface area contributed by atoms with Gasteiger partial charge in [0.15, 0.2) is 5.69 Å². The van der Waals surface area contributed by atoms with Gasteiger partial charge in [-0.15, -0.1) is 5.10 Å². The molecule has 0 radical (unpaired) electrons. The fourth-order valence-corrected chi connectivity index (χ4v) is 3.87. The summed E-state index contributed by atoms with van der Waals surface area (Å²) >= 11 is 0. The quantitative estimate of drug-likeness (QED) is 0.705. The van der Waals surface area contributed by atoms with Gasteiger partial charge in [-0.05, 0) is 23.1 Å². The van der Waals surface area contributed by atoms with Gasteiger partial charge in [-0.25, -0.2) is 4.68 Å². The Balaban J connectivity index is 1.36. The van der Waals surface area contributed by atoms with Gasteiger partial charge in [0.1, 0.15) is 6.10 Å². The van der Waals surface area contributed by atoms with Crippen molar-refractivity contribution in [2.75, 3.05) is 6.54 Å². The van der Waals surface area contributed by atoms with Crippen molar-refractivity contribution < 1.29 is 9.53 Å². The van der Waals surface area contributed by atoms with Gasteiger partial charge < -0.3 is 9.64 Å². The first-order chi connectivity index (χ1) is 13.3. The third kappa shape index (κ3) is 2.92. The summed E-state index contributed by atoms with van der Waals surface area (Å²) in [5.41, 5.74) is 4.82. The van der Waals surface area contributed by atoms with Crippen LogP contribution in [0.1, 0.15) is 39.0 Å². The molecular weight excluding hydrogens is 340 g/mol. The SMILES string of the molecule is O=C(c1nnn2c1CO[C@H](c1ccccc1)C2)N1CCc2ccccc2C1. The number of fused-ring (bicyclic) bond motifs is 2. The Morgan fingerprint density at radius 1 is 1.04 bits per heavy atom. The summed E-state index contributed by atoms with van der Waals surface area (Å²) < 4.78 is 7.82. The van der Waals surface area contributed by atoms with Crippen LogP contribution in [-0.2, 0) is 30.9 Å². The molecular formula is C21H20N4O2. The molecule has 0 N–H and O–H groups in total. The van der Waals surface area contributed by atoms with Crippen LogP contribution in [0.4, 0.5) is 0 Å². The second-order valence-electron chi connectivity index (χ2n) is 7.02. The lowest BCUT2D eigenvalue weighted by molar-refractivity contribution is -0.00197. The Bertz CT molecular complexity index is 983. The van der Waals surface area contributed by atoms with Crippen molar-refractivity contribution >= 4 is 5.91 Å². The Kier molecular flexibility index (Phi) is 3.98. The zero-order valence-electron chi connectivity index (χ0n) is 14.9. The number of benzene rings is 2. The fraction of sp³-hybridized carbons (Fsp3) is 0.286. The Morgan fingerprint density at radius 2 is 1.81 bits per heavy atom. The number of hydrogen-bond donors (Lipinski definition) is 0. The number of aromatic nitrogens is 3. The maximum absolute atomic E-state index is 13.0. The molecule has 1 aromatic heterocycles. The number of carbonyl (C=O) groups excluding carboxylic acids is 1. The van der Waals surface area contributed by atoms with Crippen LogP contribution in [-0.4, -0.2) is 32.3 Å². The van der Waals surface area contributed by atoms with E-state index in [1.54, 1.807) is 0 Å². The van der Waals surface area contributed by atoms with Crippen LogP contribution in [0.25, 0.3) is 0 Å². The van der Waals surface area contributed by atoms with E-state index in [0.29, 0.717) is 31.9 Å². The lowest BCUT2D eigenvalue weighted by Gasteiger charge is -2.29. The van der Waals surface area contributed by atoms with E-state index in [0.717, 1.165) is 17.7 Å². The third-order valence-corrected chi connectivity index (χ3v) is 5.39. The first kappa shape index (κ1) is 16.2. The molecule has 2 aliphatic heterocycles. The number of hydrogen-bond acceptors (Lipinski definition) is 4. The number of amides is 1. The summed E-state index contributed by atoms with van der Waals surface area (Å²) in [4.78, 5) is 14.9. The van der Waals surface area contributed by atoms with Crippen LogP contribution >= 0.6 is 0 Å². The topological polar surface area (TPSA) is 60.3 Å². The number of ether oxygens (including phenoxy) is 1. The van der Waals surface area contributed by atoms with Crippen LogP contribution in [0.3, 0.4) is 0 Å². The van der Waals surface area contributed by atoms with Gasteiger partial charge in [0, 0.05) is 13.1 Å². The van der Waals surface area contributed by atoms with E-state index in [1.165, 1.54) is 11.1 Å². The van der Waals surface area contributed by atoms with Gasteiger partial charge in [-0.1, -0.05) is 59.8 Å². The van der Waals surface area contributed by atoms with Crippen LogP contribution in [0.2, 0.25) is 0 Å². The van der Waals surface area contributed by atoms with E-state index < -0.39 is 0 Å². The highest BCUT2D eigenvalue weighted by atomic mass is 16.5. The molecule has 0 fully saturated rings. The van der Waals surface area contributed by atoms with Crippen LogP contribution in [0, 0.1) is 0 Å². The van der Waals surface area contributed by atoms with Crippen molar-refractivity contribution in [2.24, 2.45) is 0 Å². The van der Waals surface area contributed by atoms with Gasteiger partial charge in [-0.3, -0.25) is 4.79 Å². The highest BCUT2D eigenvalue weighted by Crippen LogP contribution is 2.28. The van der Waals surface area contributed by atoms with Crippen LogP contribution in [0.5, 0.6) is 0 Å². The molecule has 2 aromatic carbocycles. The Morgan fingerprint density at radius 3 is 2.67 bits per heavy atom. The first-order valence-electron chi connectivity index (χ1n) is 9.24. The standard InChI is InChI=1S/C21H20N4O2/c26-21(24-11-10-15-6-4-5-9-17(15)12-24)20-18-14-27-19(13-25(18)23-22-20)16-7-2-1-3-8-16/h1-9,19H,10-14H2/t19-/m0/s1. The van der Waals surface area contributed by atoms with E-state index in [4.69, 9.17) is 4.74 Å². The molecule has 27 heavy (non-hydrogen) atoms. The average molecular weight is 360 g/mol. The second-order valence-corrected chi connectivity index (χ2v) is 7.02. The molecule has 5 rings (SSSR count). The van der Waals surface area contributed by atoms with Gasteiger partial charge in [-0.2, -0.15) is 0 Å². The molecule has 136 valence electrons. The van der Waals surface area contributed by atoms with Crippen molar-refractivity contribution in [2.45, 2.75) is 32.2 Å². The second kappa shape index (κ2) is 6.63. The van der Waals surface area contributed by atoms with E-state index in [-0.39, 0.29) is 12.0 Å². The molecule has 0 unspecified atom stereocenters. The normalized spacial score (nSPS) is 18.7. The summed E-state index contributed by atoms with van der Waals surface area (Å²) in [6, 6.07) is 18.4. The predicted molar refractivity (Wildman–Crippen MR) is 98.9 cm³/mol. The van der Waals surface area contributed by atoms with Crippen molar-refractivity contribution in [1.82, 2.24) is 19.9 Å². The molecule has 3 aromatic rings. The number of rotatable bonds is 2. The summed E-state index contributed by atoms with van der Waals surface area (Å²) in [5.74, 6) is -0.0625. The largest absolute Gasteiger partial charge is 0.365 e. The van der Waals surface area contributed by atoms with Gasteiger partial charge in [0.25, 0.3) is 5.91 Å². The van der Waals surface area contributed by atoms with Gasteiger partial charge in [0.2, 0.25) is 0 Å². The summed E-state index contributed by atoms with van der Waals surface area (Å²) in [6.45, 7) is 2.24. The summed E-state index contributed by atoms with van der Waals surface area (Å²) in [5, 5.41) is 8.43. The Labute approximate surface area is 157 Å². The zero-order valence-corrected chi connectivity index (χ0v) is 14.9. The van der Waals surface area contributed by atoms with E-state index in [9.17, 15) is 4.79 Å². The van der Waals surface area contributed by atoms with E-state index in [1.807, 2.05) is 52.0 Å². The third-order valence-electron chi connectivity index (χ3n) is 5.39. The van der Waals surface area contributed by atoms with Crippen molar-refractivity contribution in [3.05, 3.63) is 82.7 Å². The smallest absolute Gasteiger partial charge is 0.276 e. The van der Waals surface area contributed by atoms with Gasteiger partial charge in [0.05, 0.1) is 18.8 Å². The molecule has 1 amide bonds. The van der Waals surface area contributed by atoms with Crippen molar-refractivity contribution in [3.8, 4) is 0 Å². The summed E-state index contributed by atoms with van der Waals surface area (Å²) in [6.07, 6.45) is 0.808. The minimum absolute atomic E-state index is 0.0625. The molecule has 3 heterocycles. The van der Waals surface area contributed by atoms with Gasteiger partial charge >= 0.3 is 0 Å². The first-order valence-corrected chi connectivity index (χ1v) is 9.24. The monoisotopic (exact) mass is 360 g/mol. The fourth-order valence-electron chi connectivity index (χ4n) is 3.87. The molecule has 0 saturated carbocycles. The maximum atomic E-state index is 13.0. The van der Waals surface area contributed by atoms with Crippen LogP contribution in [0.15, 0.2) is 54.6 Å². The highest BCUT2D eigenvalue weighted by Gasteiger charge is 2.31. The molecule has 0 saturated heterocycles. The molecule has 0 spiro atoms. The minimum Gasteiger partial charge on any atom is -0.365 e. The summed E-state index contributed by atoms with van der Waals surface area (Å²) in [7, 11) is 0. The number of carbonyl (C=O) groups is 1. The van der Waals surface area contributed by atoms with Crippen molar-refractivity contribution in [1.29, 1.82) is 0 Å². The van der Waals surface area contributed by atoms with E-state index >= 15 is 0 Å².